The molecule has 40 heavy (non-hydrogen) atoms. The number of methoxy groups -OCH3 is 2. The summed E-state index contributed by atoms with van der Waals surface area (Å²) in [5.41, 5.74) is 2.02. The average molecular weight is 551 g/mol. The Kier molecular flexibility index (Phi) is 14.7. The molecule has 0 aromatic heterocycles. The van der Waals surface area contributed by atoms with Crippen LogP contribution in [0.5, 0.6) is 23.0 Å². The minimum atomic E-state index is 0.406. The van der Waals surface area contributed by atoms with E-state index in [2.05, 4.69) is 39.5 Å². The fraction of sp³-hybridized carbons (Fsp3) is 0.529. The van der Waals surface area contributed by atoms with Gasteiger partial charge in [0.2, 0.25) is 0 Å². The van der Waals surface area contributed by atoms with Crippen molar-refractivity contribution >= 4 is 12.6 Å². The normalized spacial score (nSPS) is 12.1. The molecule has 0 aliphatic heterocycles. The molecule has 0 saturated carbocycles. The highest BCUT2D eigenvalue weighted by Crippen LogP contribution is 2.31. The highest BCUT2D eigenvalue weighted by Gasteiger charge is 2.15. The third-order valence-electron chi connectivity index (χ3n) is 7.29. The van der Waals surface area contributed by atoms with Gasteiger partial charge in [0, 0.05) is 12.1 Å². The summed E-state index contributed by atoms with van der Waals surface area (Å²) in [5, 5.41) is 0. The second-order valence-corrected chi connectivity index (χ2v) is 10.1. The molecule has 2 atom stereocenters. The summed E-state index contributed by atoms with van der Waals surface area (Å²) in [6.45, 7) is 9.79. The summed E-state index contributed by atoms with van der Waals surface area (Å²) in [7, 11) is 3.05. The van der Waals surface area contributed by atoms with E-state index in [0.717, 1.165) is 63.9 Å². The van der Waals surface area contributed by atoms with E-state index in [4.69, 9.17) is 18.9 Å². The minimum Gasteiger partial charge on any atom is -0.496 e. The molecule has 0 spiro atoms. The maximum Gasteiger partial charge on any atom is 0.153 e. The lowest BCUT2D eigenvalue weighted by Crippen LogP contribution is -2.12. The van der Waals surface area contributed by atoms with E-state index >= 15 is 0 Å². The largest absolute Gasteiger partial charge is 0.496 e. The molecule has 2 aromatic carbocycles. The van der Waals surface area contributed by atoms with Gasteiger partial charge in [-0.2, -0.15) is 0 Å². The Bertz CT molecular complexity index is 1060. The van der Waals surface area contributed by atoms with Gasteiger partial charge in [0.15, 0.2) is 12.6 Å². The molecule has 0 bridgehead atoms. The van der Waals surface area contributed by atoms with Crippen molar-refractivity contribution in [2.24, 2.45) is 11.8 Å². The number of hydrogen-bond acceptors (Lipinski definition) is 6. The first-order valence-electron chi connectivity index (χ1n) is 14.6. The summed E-state index contributed by atoms with van der Waals surface area (Å²) in [5.74, 6) is 9.19. The van der Waals surface area contributed by atoms with Gasteiger partial charge in [-0.3, -0.25) is 9.59 Å². The van der Waals surface area contributed by atoms with Crippen molar-refractivity contribution in [2.45, 2.75) is 79.1 Å². The SMILES string of the molecule is CCCCC(CC)COc1cc(C=O)c(OC)cc1C#Cc1cc(OC)c(C=O)cc1OCC(CC)CCCC. The molecule has 0 heterocycles. The lowest BCUT2D eigenvalue weighted by molar-refractivity contribution is 0.111. The number of hydrogen-bond donors (Lipinski definition) is 0. The van der Waals surface area contributed by atoms with E-state index in [1.54, 1.807) is 24.3 Å². The second kappa shape index (κ2) is 18.0. The van der Waals surface area contributed by atoms with Gasteiger partial charge < -0.3 is 18.9 Å². The van der Waals surface area contributed by atoms with E-state index in [-0.39, 0.29) is 0 Å². The highest BCUT2D eigenvalue weighted by atomic mass is 16.5. The number of unbranched alkanes of at least 4 members (excludes halogenated alkanes) is 2. The molecular formula is C34H46O6. The maximum absolute atomic E-state index is 11.7. The quantitative estimate of drug-likeness (QED) is 0.139. The van der Waals surface area contributed by atoms with Crippen LogP contribution >= 0.6 is 0 Å². The van der Waals surface area contributed by atoms with Gasteiger partial charge in [-0.05, 0) is 36.8 Å². The molecule has 2 unspecified atom stereocenters. The molecule has 6 heteroatoms. The van der Waals surface area contributed by atoms with E-state index < -0.39 is 0 Å². The fourth-order valence-corrected chi connectivity index (χ4v) is 4.47. The average Bonchev–Trinajstić information content (AvgIpc) is 2.99. The smallest absolute Gasteiger partial charge is 0.153 e. The van der Waals surface area contributed by atoms with Crippen LogP contribution in [0.2, 0.25) is 0 Å². The topological polar surface area (TPSA) is 71.1 Å². The van der Waals surface area contributed by atoms with Crippen LogP contribution in [-0.2, 0) is 0 Å². The predicted octanol–water partition coefficient (Wildman–Crippen LogP) is 7.92. The minimum absolute atomic E-state index is 0.406. The third-order valence-corrected chi connectivity index (χ3v) is 7.29. The molecule has 2 rings (SSSR count). The van der Waals surface area contributed by atoms with Crippen LogP contribution in [0.15, 0.2) is 24.3 Å². The molecule has 0 N–H and O–H groups in total. The lowest BCUT2D eigenvalue weighted by Gasteiger charge is -2.18. The number of ether oxygens (including phenoxy) is 4. The first-order chi connectivity index (χ1) is 19.5. The Balaban J connectivity index is 2.50. The highest BCUT2D eigenvalue weighted by molar-refractivity contribution is 5.82. The van der Waals surface area contributed by atoms with Gasteiger partial charge in [0.25, 0.3) is 0 Å². The molecule has 0 amide bonds. The molecule has 2 aromatic rings. The van der Waals surface area contributed by atoms with Crippen molar-refractivity contribution in [3.05, 3.63) is 46.5 Å². The second-order valence-electron chi connectivity index (χ2n) is 10.1. The number of benzene rings is 2. The first-order valence-corrected chi connectivity index (χ1v) is 14.6. The van der Waals surface area contributed by atoms with Crippen LogP contribution in [-0.4, -0.2) is 40.0 Å². The van der Waals surface area contributed by atoms with Crippen LogP contribution in [0.1, 0.15) is 111 Å². The van der Waals surface area contributed by atoms with E-state index in [9.17, 15) is 9.59 Å². The molecule has 0 fully saturated rings. The Morgan fingerprint density at radius 1 is 0.650 bits per heavy atom. The van der Waals surface area contributed by atoms with Crippen molar-refractivity contribution in [1.29, 1.82) is 0 Å². The number of carbonyl (C=O) groups is 2. The summed E-state index contributed by atoms with van der Waals surface area (Å²) >= 11 is 0. The van der Waals surface area contributed by atoms with Gasteiger partial charge in [0.05, 0.1) is 49.7 Å². The standard InChI is InChI=1S/C34H46O6/c1-7-11-13-25(9-3)23-39-33-19-29(21-35)31(37-5)17-27(33)15-16-28-18-32(38-6)30(22-36)20-34(28)40-24-26(10-4)14-12-8-2/h17-22,25-26H,7-14,23-24H2,1-6H3. The fourth-order valence-electron chi connectivity index (χ4n) is 4.47. The van der Waals surface area contributed by atoms with Gasteiger partial charge in [0.1, 0.15) is 23.0 Å². The lowest BCUT2D eigenvalue weighted by atomic mass is 10.0. The van der Waals surface area contributed by atoms with Gasteiger partial charge >= 0.3 is 0 Å². The Hall–Kier alpha value is -3.46. The van der Waals surface area contributed by atoms with E-state index in [1.807, 2.05) is 0 Å². The van der Waals surface area contributed by atoms with E-state index in [1.165, 1.54) is 14.2 Å². The Morgan fingerprint density at radius 2 is 1.05 bits per heavy atom. The van der Waals surface area contributed by atoms with Gasteiger partial charge in [-0.15, -0.1) is 0 Å². The van der Waals surface area contributed by atoms with Crippen molar-refractivity contribution in [1.82, 2.24) is 0 Å². The van der Waals surface area contributed by atoms with Crippen LogP contribution < -0.4 is 18.9 Å². The summed E-state index contributed by atoms with van der Waals surface area (Å²) in [6, 6.07) is 6.84. The van der Waals surface area contributed by atoms with Gasteiger partial charge in [-0.1, -0.05) is 78.1 Å². The van der Waals surface area contributed by atoms with Crippen LogP contribution in [0.4, 0.5) is 0 Å². The third kappa shape index (κ3) is 9.62. The predicted molar refractivity (Wildman–Crippen MR) is 160 cm³/mol. The number of rotatable bonds is 18. The zero-order chi connectivity index (χ0) is 29.3. The number of carbonyl (C=O) groups excluding carboxylic acids is 2. The zero-order valence-corrected chi connectivity index (χ0v) is 25.1. The molecule has 6 nitrogen and oxygen atoms in total. The summed E-state index contributed by atoms with van der Waals surface area (Å²) in [4.78, 5) is 23.5. The van der Waals surface area contributed by atoms with Crippen molar-refractivity contribution in [2.75, 3.05) is 27.4 Å². The maximum atomic E-state index is 11.7. The molecule has 0 aliphatic rings. The molecular weight excluding hydrogens is 504 g/mol. The summed E-state index contributed by atoms with van der Waals surface area (Å²) < 4.78 is 23.4. The molecule has 0 radical (unpaired) electrons. The molecule has 0 aliphatic carbocycles. The Labute approximate surface area is 240 Å². The molecule has 218 valence electrons. The zero-order valence-electron chi connectivity index (χ0n) is 25.1. The molecule has 0 saturated heterocycles. The van der Waals surface area contributed by atoms with Crippen molar-refractivity contribution in [3.63, 3.8) is 0 Å². The van der Waals surface area contributed by atoms with Crippen LogP contribution in [0.25, 0.3) is 0 Å². The van der Waals surface area contributed by atoms with Gasteiger partial charge in [-0.25, -0.2) is 0 Å². The van der Waals surface area contributed by atoms with Crippen LogP contribution in [0.3, 0.4) is 0 Å². The van der Waals surface area contributed by atoms with E-state index in [0.29, 0.717) is 70.3 Å². The monoisotopic (exact) mass is 550 g/mol. The van der Waals surface area contributed by atoms with Crippen molar-refractivity contribution < 1.29 is 28.5 Å². The Morgan fingerprint density at radius 3 is 1.35 bits per heavy atom. The van der Waals surface area contributed by atoms with Crippen molar-refractivity contribution in [3.8, 4) is 34.8 Å². The van der Waals surface area contributed by atoms with Crippen LogP contribution in [0, 0.1) is 23.7 Å². The first kappa shape index (κ1) is 32.8. The number of aldehydes is 2. The summed E-state index contributed by atoms with van der Waals surface area (Å²) in [6.07, 6.45) is 10.3.